The molecule has 23 heavy (non-hydrogen) atoms. The first kappa shape index (κ1) is 18.2. The topological polar surface area (TPSA) is 76.5 Å². The Balaban J connectivity index is 1.92. The third-order valence-corrected chi connectivity index (χ3v) is 4.57. The van der Waals surface area contributed by atoms with Crippen LogP contribution in [-0.2, 0) is 16.1 Å². The molecule has 0 radical (unpaired) electrons. The molecule has 0 saturated carbocycles. The van der Waals surface area contributed by atoms with Crippen molar-refractivity contribution in [3.63, 3.8) is 0 Å². The Kier molecular flexibility index (Phi) is 6.02. The van der Waals surface area contributed by atoms with Gasteiger partial charge >= 0.3 is 0 Å². The summed E-state index contributed by atoms with van der Waals surface area (Å²) in [5, 5.41) is 6.58. The number of carbonyl (C=O) groups is 1. The fourth-order valence-corrected chi connectivity index (χ4v) is 2.62. The second-order valence-corrected chi connectivity index (χ2v) is 6.74. The number of rotatable bonds is 5. The van der Waals surface area contributed by atoms with Gasteiger partial charge in [-0.25, -0.2) is 4.68 Å². The van der Waals surface area contributed by atoms with Crippen LogP contribution in [0.25, 0.3) is 0 Å². The number of amides is 1. The highest BCUT2D eigenvalue weighted by Gasteiger charge is 2.28. The Morgan fingerprint density at radius 2 is 2.04 bits per heavy atom. The number of nitrogens with one attached hydrogen (secondary N) is 1. The van der Waals surface area contributed by atoms with E-state index in [-0.39, 0.29) is 28.0 Å². The first-order valence-corrected chi connectivity index (χ1v) is 8.07. The molecule has 1 aromatic rings. The molecule has 0 aromatic carbocycles. The maximum absolute atomic E-state index is 12.1. The summed E-state index contributed by atoms with van der Waals surface area (Å²) in [5.41, 5.74) is -0.781. The Hall–Kier alpha value is -1.15. The van der Waals surface area contributed by atoms with E-state index in [1.165, 1.54) is 6.20 Å². The lowest BCUT2D eigenvalue weighted by Gasteiger charge is -2.40. The molecule has 1 N–H and O–H groups in total. The van der Waals surface area contributed by atoms with Crippen LogP contribution in [-0.4, -0.2) is 59.0 Å². The fourth-order valence-electron chi connectivity index (χ4n) is 2.34. The molecule has 2 rings (SSSR count). The minimum Gasteiger partial charge on any atom is -0.379 e. The third kappa shape index (κ3) is 4.67. The van der Waals surface area contributed by atoms with Crippen LogP contribution in [0, 0.1) is 0 Å². The van der Waals surface area contributed by atoms with Crippen molar-refractivity contribution in [1.82, 2.24) is 20.0 Å². The summed E-state index contributed by atoms with van der Waals surface area (Å²) in [6.07, 6.45) is 1.25. The van der Waals surface area contributed by atoms with Crippen molar-refractivity contribution < 1.29 is 9.53 Å². The van der Waals surface area contributed by atoms with Gasteiger partial charge in [-0.05, 0) is 13.8 Å². The van der Waals surface area contributed by atoms with E-state index in [0.717, 1.165) is 17.8 Å². The molecule has 1 saturated heterocycles. The summed E-state index contributed by atoms with van der Waals surface area (Å²) < 4.78 is 6.33. The minimum atomic E-state index is -0.582. The Morgan fingerprint density at radius 3 is 2.70 bits per heavy atom. The van der Waals surface area contributed by atoms with Crippen LogP contribution < -0.4 is 10.9 Å². The van der Waals surface area contributed by atoms with Crippen LogP contribution >= 0.6 is 23.2 Å². The zero-order valence-corrected chi connectivity index (χ0v) is 14.7. The largest absolute Gasteiger partial charge is 0.379 e. The number of halogens is 2. The predicted molar refractivity (Wildman–Crippen MR) is 88.0 cm³/mol. The third-order valence-electron chi connectivity index (χ3n) is 3.82. The molecule has 1 aromatic heterocycles. The van der Waals surface area contributed by atoms with Crippen LogP contribution in [0.15, 0.2) is 11.0 Å². The van der Waals surface area contributed by atoms with Gasteiger partial charge in [-0.2, -0.15) is 5.10 Å². The van der Waals surface area contributed by atoms with Gasteiger partial charge in [0, 0.05) is 25.2 Å². The molecule has 1 amide bonds. The maximum atomic E-state index is 12.1. The first-order chi connectivity index (χ1) is 10.8. The van der Waals surface area contributed by atoms with Gasteiger partial charge < -0.3 is 10.1 Å². The number of ether oxygens (including phenoxy) is 1. The quantitative estimate of drug-likeness (QED) is 0.837. The zero-order chi connectivity index (χ0) is 17.0. The lowest BCUT2D eigenvalue weighted by atomic mass is 10.0. The maximum Gasteiger partial charge on any atom is 0.287 e. The van der Waals surface area contributed by atoms with Crippen molar-refractivity contribution in [3.8, 4) is 0 Å². The average Bonchev–Trinajstić information content (AvgIpc) is 2.54. The number of carbonyl (C=O) groups excluding carboxylic acids is 1. The molecule has 128 valence electrons. The molecule has 1 fully saturated rings. The Morgan fingerprint density at radius 1 is 1.39 bits per heavy atom. The smallest absolute Gasteiger partial charge is 0.287 e. The van der Waals surface area contributed by atoms with Gasteiger partial charge in [0.25, 0.3) is 5.56 Å². The van der Waals surface area contributed by atoms with Gasteiger partial charge in [0.2, 0.25) is 5.91 Å². The minimum absolute atomic E-state index is 0.0711. The number of hydrogen-bond donors (Lipinski definition) is 1. The predicted octanol–water partition coefficient (Wildman–Crippen LogP) is 0.777. The van der Waals surface area contributed by atoms with Crippen molar-refractivity contribution in [2.75, 3.05) is 32.8 Å². The molecule has 2 heterocycles. The highest BCUT2D eigenvalue weighted by molar-refractivity contribution is 6.41. The summed E-state index contributed by atoms with van der Waals surface area (Å²) in [5.74, 6) is -0.306. The standard InChI is InChI=1S/C14H20Cl2N4O3/c1-14(2,19-3-5-23-6-4-19)9-17-11(21)8-20-13(22)12(16)10(15)7-18-20/h7H,3-6,8-9H2,1-2H3,(H,17,21). The van der Waals surface area contributed by atoms with E-state index in [1.807, 2.05) is 0 Å². The van der Waals surface area contributed by atoms with Crippen LogP contribution in [0.4, 0.5) is 0 Å². The Bertz CT molecular complexity index is 627. The molecule has 9 heteroatoms. The fraction of sp³-hybridized carbons (Fsp3) is 0.643. The van der Waals surface area contributed by atoms with Crippen molar-refractivity contribution >= 4 is 29.1 Å². The summed E-state index contributed by atoms with van der Waals surface area (Å²) >= 11 is 11.5. The van der Waals surface area contributed by atoms with E-state index >= 15 is 0 Å². The van der Waals surface area contributed by atoms with Gasteiger partial charge in [-0.15, -0.1) is 0 Å². The van der Waals surface area contributed by atoms with Crippen molar-refractivity contribution in [2.24, 2.45) is 0 Å². The molecule has 0 atom stereocenters. The van der Waals surface area contributed by atoms with E-state index in [0.29, 0.717) is 19.8 Å². The highest BCUT2D eigenvalue weighted by atomic mass is 35.5. The zero-order valence-electron chi connectivity index (χ0n) is 13.1. The molecule has 0 unspecified atom stereocenters. The van der Waals surface area contributed by atoms with Gasteiger partial charge in [0.05, 0.1) is 24.4 Å². The molecular formula is C14H20Cl2N4O3. The van der Waals surface area contributed by atoms with Crippen LogP contribution in [0.1, 0.15) is 13.8 Å². The Labute approximate surface area is 144 Å². The van der Waals surface area contributed by atoms with Crippen LogP contribution in [0.5, 0.6) is 0 Å². The summed E-state index contributed by atoms with van der Waals surface area (Å²) in [6.45, 7) is 7.43. The first-order valence-electron chi connectivity index (χ1n) is 7.32. The second kappa shape index (κ2) is 7.61. The summed E-state index contributed by atoms with van der Waals surface area (Å²) in [4.78, 5) is 26.2. The van der Waals surface area contributed by atoms with Crippen LogP contribution in [0.3, 0.4) is 0 Å². The average molecular weight is 363 g/mol. The number of hydrogen-bond acceptors (Lipinski definition) is 5. The molecule has 0 aliphatic carbocycles. The van der Waals surface area contributed by atoms with E-state index in [4.69, 9.17) is 27.9 Å². The molecule has 1 aliphatic rings. The molecule has 1 aliphatic heterocycles. The second-order valence-electron chi connectivity index (χ2n) is 5.96. The van der Waals surface area contributed by atoms with E-state index < -0.39 is 5.56 Å². The van der Waals surface area contributed by atoms with E-state index in [2.05, 4.69) is 29.2 Å². The number of morpholine rings is 1. The van der Waals surface area contributed by atoms with Gasteiger partial charge in [0.15, 0.2) is 0 Å². The monoisotopic (exact) mass is 362 g/mol. The lowest BCUT2D eigenvalue weighted by molar-refractivity contribution is -0.122. The van der Waals surface area contributed by atoms with Crippen molar-refractivity contribution in [3.05, 3.63) is 26.6 Å². The van der Waals surface area contributed by atoms with Crippen LogP contribution in [0.2, 0.25) is 10.0 Å². The van der Waals surface area contributed by atoms with Gasteiger partial charge in [-0.3, -0.25) is 14.5 Å². The van der Waals surface area contributed by atoms with Crippen molar-refractivity contribution in [2.45, 2.75) is 25.9 Å². The van der Waals surface area contributed by atoms with Crippen molar-refractivity contribution in [1.29, 1.82) is 0 Å². The SMILES string of the molecule is CC(C)(CNC(=O)Cn1ncc(Cl)c(Cl)c1=O)N1CCOCC1. The molecular weight excluding hydrogens is 343 g/mol. The normalized spacial score (nSPS) is 16.3. The summed E-state index contributed by atoms with van der Waals surface area (Å²) in [7, 11) is 0. The number of nitrogens with zero attached hydrogens (tertiary/aromatic N) is 3. The van der Waals surface area contributed by atoms with E-state index in [1.54, 1.807) is 0 Å². The molecule has 7 nitrogen and oxygen atoms in total. The molecule has 0 bridgehead atoms. The summed E-state index contributed by atoms with van der Waals surface area (Å²) in [6, 6.07) is 0. The van der Waals surface area contributed by atoms with Gasteiger partial charge in [0.1, 0.15) is 11.6 Å². The lowest BCUT2D eigenvalue weighted by Crippen LogP contribution is -2.55. The van der Waals surface area contributed by atoms with Gasteiger partial charge in [-0.1, -0.05) is 23.2 Å². The highest BCUT2D eigenvalue weighted by Crippen LogP contribution is 2.15. The van der Waals surface area contributed by atoms with E-state index in [9.17, 15) is 9.59 Å². The molecule has 0 spiro atoms. The number of aromatic nitrogens is 2.